The smallest absolute Gasteiger partial charge is 0.191 e. The van der Waals surface area contributed by atoms with Gasteiger partial charge in [0.1, 0.15) is 0 Å². The minimum atomic E-state index is 0.843. The lowest BCUT2D eigenvalue weighted by Crippen LogP contribution is -2.44. The van der Waals surface area contributed by atoms with E-state index >= 15 is 0 Å². The molecule has 2 heterocycles. The highest BCUT2D eigenvalue weighted by molar-refractivity contribution is 5.79. The van der Waals surface area contributed by atoms with E-state index in [0.717, 1.165) is 70.4 Å². The molecular formula is C18H28N6O. The van der Waals surface area contributed by atoms with Crippen molar-refractivity contribution < 1.29 is 4.74 Å². The van der Waals surface area contributed by atoms with Gasteiger partial charge in [-0.25, -0.2) is 4.98 Å². The highest BCUT2D eigenvalue weighted by Crippen LogP contribution is 2.11. The number of guanidine groups is 1. The zero-order valence-electron chi connectivity index (χ0n) is 14.9. The Morgan fingerprint density at radius 1 is 1.16 bits per heavy atom. The summed E-state index contributed by atoms with van der Waals surface area (Å²) in [6.07, 6.45) is 2.94. The number of aryl methyl sites for hydroxylation is 1. The Bertz CT molecular complexity index is 677. The number of aliphatic imine (C=N–C) groups is 1. The fraction of sp³-hybridized carbons (Fsp3) is 0.556. The van der Waals surface area contributed by atoms with Crippen LogP contribution in [-0.2, 0) is 11.3 Å². The second-order valence-corrected chi connectivity index (χ2v) is 6.16. The number of hydrogen-bond acceptors (Lipinski definition) is 4. The summed E-state index contributed by atoms with van der Waals surface area (Å²) in [4.78, 5) is 11.1. The maximum Gasteiger partial charge on any atom is 0.191 e. The predicted octanol–water partition coefficient (Wildman–Crippen LogP) is 0.924. The predicted molar refractivity (Wildman–Crippen MR) is 101 cm³/mol. The monoisotopic (exact) mass is 344 g/mol. The summed E-state index contributed by atoms with van der Waals surface area (Å²) < 4.78 is 7.57. The van der Waals surface area contributed by atoms with E-state index in [-0.39, 0.29) is 0 Å². The zero-order chi connectivity index (χ0) is 17.3. The van der Waals surface area contributed by atoms with Crippen LogP contribution in [0.3, 0.4) is 0 Å². The van der Waals surface area contributed by atoms with Crippen molar-refractivity contribution in [3.05, 3.63) is 30.6 Å². The Labute approximate surface area is 149 Å². The summed E-state index contributed by atoms with van der Waals surface area (Å²) in [5.41, 5.74) is 2.24. The molecule has 136 valence electrons. The minimum Gasteiger partial charge on any atom is -0.379 e. The van der Waals surface area contributed by atoms with E-state index in [9.17, 15) is 0 Å². The molecule has 0 radical (unpaired) electrons. The van der Waals surface area contributed by atoms with Crippen LogP contribution in [0.2, 0.25) is 0 Å². The summed E-state index contributed by atoms with van der Waals surface area (Å²) in [6.45, 7) is 7.46. The molecule has 1 fully saturated rings. The third-order valence-electron chi connectivity index (χ3n) is 4.44. The lowest BCUT2D eigenvalue weighted by atomic mass is 10.3. The van der Waals surface area contributed by atoms with Crippen LogP contribution in [0, 0.1) is 0 Å². The molecular weight excluding hydrogens is 316 g/mol. The Balaban J connectivity index is 1.34. The van der Waals surface area contributed by atoms with E-state index in [4.69, 9.17) is 4.74 Å². The molecule has 0 atom stereocenters. The third-order valence-corrected chi connectivity index (χ3v) is 4.44. The number of nitrogens with one attached hydrogen (secondary N) is 2. The molecule has 7 heteroatoms. The van der Waals surface area contributed by atoms with E-state index in [2.05, 4.69) is 42.2 Å². The summed E-state index contributed by atoms with van der Waals surface area (Å²) in [5.74, 6) is 0.865. The Morgan fingerprint density at radius 2 is 1.96 bits per heavy atom. The van der Waals surface area contributed by atoms with Gasteiger partial charge in [-0.05, 0) is 18.6 Å². The fourth-order valence-corrected chi connectivity index (χ4v) is 3.02. The normalized spacial score (nSPS) is 16.3. The summed E-state index contributed by atoms with van der Waals surface area (Å²) in [7, 11) is 1.81. The highest BCUT2D eigenvalue weighted by Gasteiger charge is 2.09. The number of nitrogens with zero attached hydrogens (tertiary/aromatic N) is 4. The summed E-state index contributed by atoms with van der Waals surface area (Å²) in [5, 5.41) is 6.76. The van der Waals surface area contributed by atoms with E-state index in [1.807, 2.05) is 25.5 Å². The molecule has 1 aliphatic heterocycles. The van der Waals surface area contributed by atoms with E-state index in [1.165, 1.54) is 5.52 Å². The molecule has 2 N–H and O–H groups in total. The van der Waals surface area contributed by atoms with Gasteiger partial charge < -0.3 is 19.9 Å². The average Bonchev–Trinajstić information content (AvgIpc) is 3.08. The van der Waals surface area contributed by atoms with Gasteiger partial charge in [-0.3, -0.25) is 9.89 Å². The molecule has 1 aliphatic rings. The van der Waals surface area contributed by atoms with Crippen LogP contribution < -0.4 is 10.6 Å². The van der Waals surface area contributed by atoms with Crippen molar-refractivity contribution in [2.75, 3.05) is 53.0 Å². The zero-order valence-corrected chi connectivity index (χ0v) is 14.9. The molecule has 1 saturated heterocycles. The summed E-state index contributed by atoms with van der Waals surface area (Å²) >= 11 is 0. The topological polar surface area (TPSA) is 66.7 Å². The van der Waals surface area contributed by atoms with Gasteiger partial charge in [-0.2, -0.15) is 0 Å². The molecule has 1 aromatic carbocycles. The first-order valence-corrected chi connectivity index (χ1v) is 9.01. The van der Waals surface area contributed by atoms with Crippen LogP contribution in [0.1, 0.15) is 6.42 Å². The number of para-hydroxylation sites is 2. The molecule has 0 amide bonds. The average molecular weight is 344 g/mol. The highest BCUT2D eigenvalue weighted by atomic mass is 16.5. The van der Waals surface area contributed by atoms with Crippen molar-refractivity contribution in [2.24, 2.45) is 4.99 Å². The van der Waals surface area contributed by atoms with Crippen molar-refractivity contribution >= 4 is 17.0 Å². The van der Waals surface area contributed by atoms with Crippen LogP contribution in [0.4, 0.5) is 0 Å². The van der Waals surface area contributed by atoms with E-state index in [1.54, 1.807) is 0 Å². The molecule has 1 aromatic heterocycles. The molecule has 0 spiro atoms. The van der Waals surface area contributed by atoms with Gasteiger partial charge in [-0.1, -0.05) is 12.1 Å². The van der Waals surface area contributed by atoms with Gasteiger partial charge in [0.15, 0.2) is 5.96 Å². The molecule has 25 heavy (non-hydrogen) atoms. The van der Waals surface area contributed by atoms with E-state index in [0.29, 0.717) is 0 Å². The Hall–Kier alpha value is -2.12. The molecule has 3 rings (SSSR count). The second kappa shape index (κ2) is 9.39. The van der Waals surface area contributed by atoms with Crippen molar-refractivity contribution in [2.45, 2.75) is 13.0 Å². The largest absolute Gasteiger partial charge is 0.379 e. The maximum atomic E-state index is 5.37. The van der Waals surface area contributed by atoms with Crippen molar-refractivity contribution in [3.8, 4) is 0 Å². The molecule has 7 nitrogen and oxygen atoms in total. The van der Waals surface area contributed by atoms with Crippen molar-refractivity contribution in [3.63, 3.8) is 0 Å². The number of morpholine rings is 1. The number of benzene rings is 1. The Kier molecular flexibility index (Phi) is 6.64. The first kappa shape index (κ1) is 17.7. The lowest BCUT2D eigenvalue weighted by molar-refractivity contribution is 0.0389. The SMILES string of the molecule is CN=C(NCCCn1cnc2ccccc21)NCCN1CCOCC1. The van der Waals surface area contributed by atoms with Crippen LogP contribution in [0.5, 0.6) is 0 Å². The minimum absolute atomic E-state index is 0.843. The van der Waals surface area contributed by atoms with Gasteiger partial charge in [0.2, 0.25) is 0 Å². The summed E-state index contributed by atoms with van der Waals surface area (Å²) in [6, 6.07) is 8.24. The molecule has 0 aliphatic carbocycles. The molecule has 2 aromatic rings. The van der Waals surface area contributed by atoms with Gasteiger partial charge in [0.05, 0.1) is 30.6 Å². The van der Waals surface area contributed by atoms with Gasteiger partial charge >= 0.3 is 0 Å². The quantitative estimate of drug-likeness (QED) is 0.444. The number of imidazole rings is 1. The molecule has 0 unspecified atom stereocenters. The number of rotatable bonds is 7. The number of hydrogen-bond donors (Lipinski definition) is 2. The lowest BCUT2D eigenvalue weighted by Gasteiger charge is -2.26. The maximum absolute atomic E-state index is 5.37. The van der Waals surface area contributed by atoms with Gasteiger partial charge in [0.25, 0.3) is 0 Å². The number of ether oxygens (including phenoxy) is 1. The molecule has 0 bridgehead atoms. The van der Waals surface area contributed by atoms with Gasteiger partial charge in [-0.15, -0.1) is 0 Å². The molecule has 0 saturated carbocycles. The van der Waals surface area contributed by atoms with Gasteiger partial charge in [0, 0.05) is 46.3 Å². The Morgan fingerprint density at radius 3 is 2.80 bits per heavy atom. The van der Waals surface area contributed by atoms with Crippen molar-refractivity contribution in [1.29, 1.82) is 0 Å². The van der Waals surface area contributed by atoms with E-state index < -0.39 is 0 Å². The van der Waals surface area contributed by atoms with Crippen LogP contribution in [0.25, 0.3) is 11.0 Å². The number of fused-ring (bicyclic) bond motifs is 1. The second-order valence-electron chi connectivity index (χ2n) is 6.16. The van der Waals surface area contributed by atoms with Crippen molar-refractivity contribution in [1.82, 2.24) is 25.1 Å². The van der Waals surface area contributed by atoms with Crippen LogP contribution >= 0.6 is 0 Å². The van der Waals surface area contributed by atoms with Crippen LogP contribution in [-0.4, -0.2) is 73.4 Å². The first-order valence-electron chi connectivity index (χ1n) is 9.01. The standard InChI is InChI=1S/C18H28N6O/c1-19-18(21-8-10-23-11-13-25-14-12-23)20-7-4-9-24-15-22-16-5-2-3-6-17(16)24/h2-3,5-6,15H,4,7-14H2,1H3,(H2,19,20,21). The fourth-order valence-electron chi connectivity index (χ4n) is 3.02. The first-order chi connectivity index (χ1) is 12.4. The number of aromatic nitrogens is 2. The third kappa shape index (κ3) is 5.17. The van der Waals surface area contributed by atoms with Crippen LogP contribution in [0.15, 0.2) is 35.6 Å².